The van der Waals surface area contributed by atoms with E-state index in [1.54, 1.807) is 0 Å². The fourth-order valence-corrected chi connectivity index (χ4v) is 5.37. The lowest BCUT2D eigenvalue weighted by Crippen LogP contribution is -2.15. The zero-order chi connectivity index (χ0) is 41.8. The van der Waals surface area contributed by atoms with Gasteiger partial charge in [0.05, 0.1) is 152 Å². The summed E-state index contributed by atoms with van der Waals surface area (Å²) in [5.41, 5.74) is 0. The quantitative estimate of drug-likeness (QED) is 0.0459. The van der Waals surface area contributed by atoms with Crippen molar-refractivity contribution in [3.05, 3.63) is 0 Å². The number of carbonyl (C=O) groups excluding carboxylic acids is 1. The fourth-order valence-electron chi connectivity index (χ4n) is 5.37. The molecule has 0 N–H and O–H groups in total. The first-order valence-corrected chi connectivity index (χ1v) is 22.9. The summed E-state index contributed by atoms with van der Waals surface area (Å²) in [5.74, 6) is -0.147. The molecule has 0 heterocycles. The third-order valence-electron chi connectivity index (χ3n) is 8.71. The Bertz CT molecular complexity index is 751. The van der Waals surface area contributed by atoms with Crippen LogP contribution in [-0.4, -0.2) is 171 Å². The molecule has 0 aromatic heterocycles. The summed E-state index contributed by atoms with van der Waals surface area (Å²) in [7, 11) is 0. The number of rotatable bonds is 53. The van der Waals surface area contributed by atoms with Crippen LogP contribution in [0.2, 0.25) is 0 Å². The van der Waals surface area contributed by atoms with Gasteiger partial charge in [0.2, 0.25) is 0 Å². The van der Waals surface area contributed by atoms with Crippen LogP contribution < -0.4 is 0 Å². The minimum absolute atomic E-state index is 0.147. The van der Waals surface area contributed by atoms with Gasteiger partial charge in [-0.25, -0.2) is 0 Å². The van der Waals surface area contributed by atoms with Crippen molar-refractivity contribution in [2.45, 2.75) is 117 Å². The summed E-state index contributed by atoms with van der Waals surface area (Å²) in [6, 6.07) is 0. The first kappa shape index (κ1) is 57.0. The Labute approximate surface area is 353 Å². The van der Waals surface area contributed by atoms with Crippen molar-refractivity contribution in [1.29, 1.82) is 0 Å². The highest BCUT2D eigenvalue weighted by atomic mass is 16.6. The van der Waals surface area contributed by atoms with Crippen LogP contribution in [0.25, 0.3) is 0 Å². The number of ether oxygens (including phenoxy) is 13. The molecule has 0 aliphatic carbocycles. The van der Waals surface area contributed by atoms with Gasteiger partial charge < -0.3 is 61.6 Å². The van der Waals surface area contributed by atoms with Gasteiger partial charge in [0.1, 0.15) is 6.61 Å². The average molecular weight is 841 g/mol. The zero-order valence-electron chi connectivity index (χ0n) is 37.2. The van der Waals surface area contributed by atoms with E-state index in [9.17, 15) is 4.79 Å². The summed E-state index contributed by atoms with van der Waals surface area (Å²) >= 11 is 0. The Hall–Kier alpha value is -1.01. The van der Waals surface area contributed by atoms with Gasteiger partial charge >= 0.3 is 5.97 Å². The number of hydrogen-bond donors (Lipinski definition) is 0. The zero-order valence-corrected chi connectivity index (χ0v) is 37.2. The Kier molecular flexibility index (Phi) is 53.1. The van der Waals surface area contributed by atoms with Crippen LogP contribution in [-0.2, 0) is 66.4 Å². The van der Waals surface area contributed by atoms with E-state index in [-0.39, 0.29) is 12.6 Å². The van der Waals surface area contributed by atoms with Crippen molar-refractivity contribution < 1.29 is 66.4 Å². The monoisotopic (exact) mass is 841 g/mol. The summed E-state index contributed by atoms with van der Waals surface area (Å²) in [6.45, 7) is 17.4. The maximum absolute atomic E-state index is 11.6. The molecule has 348 valence electrons. The molecule has 14 heteroatoms. The molecule has 0 saturated heterocycles. The van der Waals surface area contributed by atoms with Crippen LogP contribution in [0.15, 0.2) is 0 Å². The normalized spacial score (nSPS) is 11.6. The Balaban J connectivity index is 3.08. The van der Waals surface area contributed by atoms with E-state index in [2.05, 4.69) is 13.8 Å². The fraction of sp³-hybridized carbons (Fsp3) is 0.977. The Morgan fingerprint density at radius 1 is 0.241 bits per heavy atom. The molecule has 58 heavy (non-hydrogen) atoms. The van der Waals surface area contributed by atoms with Crippen LogP contribution in [0.1, 0.15) is 117 Å². The molecular formula is C44H88O14. The van der Waals surface area contributed by atoms with E-state index in [1.807, 2.05) is 0 Å². The molecule has 0 spiro atoms. The smallest absolute Gasteiger partial charge is 0.305 e. The summed E-state index contributed by atoms with van der Waals surface area (Å²) < 4.78 is 71.4. The maximum Gasteiger partial charge on any atom is 0.305 e. The van der Waals surface area contributed by atoms with Crippen molar-refractivity contribution in [3.8, 4) is 0 Å². The van der Waals surface area contributed by atoms with Gasteiger partial charge in [0.25, 0.3) is 0 Å². The van der Waals surface area contributed by atoms with Crippen LogP contribution in [0.5, 0.6) is 0 Å². The molecule has 0 rings (SSSR count). The second kappa shape index (κ2) is 54.0. The molecule has 14 nitrogen and oxygen atoms in total. The van der Waals surface area contributed by atoms with Crippen LogP contribution in [0.4, 0.5) is 0 Å². The molecule has 0 aromatic rings. The van der Waals surface area contributed by atoms with Gasteiger partial charge in [-0.2, -0.15) is 0 Å². The van der Waals surface area contributed by atoms with E-state index in [1.165, 1.54) is 77.0 Å². The average Bonchev–Trinajstić information content (AvgIpc) is 3.23. The van der Waals surface area contributed by atoms with Gasteiger partial charge in [-0.15, -0.1) is 0 Å². The maximum atomic E-state index is 11.6. The van der Waals surface area contributed by atoms with Gasteiger partial charge in [-0.1, -0.05) is 97.3 Å². The van der Waals surface area contributed by atoms with Crippen molar-refractivity contribution in [2.75, 3.05) is 165 Å². The van der Waals surface area contributed by atoms with E-state index in [4.69, 9.17) is 61.6 Å². The van der Waals surface area contributed by atoms with Crippen LogP contribution in [0, 0.1) is 0 Å². The predicted molar refractivity (Wildman–Crippen MR) is 226 cm³/mol. The Morgan fingerprint density at radius 2 is 0.448 bits per heavy atom. The first-order chi connectivity index (χ1) is 28.8. The SMILES string of the molecule is CCCCCCCCCCCCOCCOCCOCCOCCOCCOCCOCCOCCOCCOCCOCCOCCOC(=O)CCCCCCC. The van der Waals surface area contributed by atoms with Crippen LogP contribution in [0.3, 0.4) is 0 Å². The highest BCUT2D eigenvalue weighted by Gasteiger charge is 2.03. The van der Waals surface area contributed by atoms with E-state index in [0.29, 0.717) is 158 Å². The third-order valence-corrected chi connectivity index (χ3v) is 8.71. The van der Waals surface area contributed by atoms with E-state index < -0.39 is 0 Å². The van der Waals surface area contributed by atoms with Crippen molar-refractivity contribution in [1.82, 2.24) is 0 Å². The molecule has 0 amide bonds. The Morgan fingerprint density at radius 3 is 0.724 bits per heavy atom. The molecule has 0 unspecified atom stereocenters. The highest BCUT2D eigenvalue weighted by molar-refractivity contribution is 5.69. The highest BCUT2D eigenvalue weighted by Crippen LogP contribution is 2.10. The topological polar surface area (TPSA) is 137 Å². The largest absolute Gasteiger partial charge is 0.463 e. The summed E-state index contributed by atoms with van der Waals surface area (Å²) in [5, 5.41) is 0. The lowest BCUT2D eigenvalue weighted by atomic mass is 10.1. The third kappa shape index (κ3) is 53.0. The van der Waals surface area contributed by atoms with E-state index in [0.717, 1.165) is 25.9 Å². The lowest BCUT2D eigenvalue weighted by Gasteiger charge is -2.09. The molecule has 0 fully saturated rings. The lowest BCUT2D eigenvalue weighted by molar-refractivity contribution is -0.145. The van der Waals surface area contributed by atoms with Gasteiger partial charge in [-0.3, -0.25) is 4.79 Å². The van der Waals surface area contributed by atoms with Gasteiger partial charge in [-0.05, 0) is 12.8 Å². The second-order valence-corrected chi connectivity index (χ2v) is 13.9. The molecule has 0 radical (unpaired) electrons. The van der Waals surface area contributed by atoms with Crippen LogP contribution >= 0.6 is 0 Å². The second-order valence-electron chi connectivity index (χ2n) is 13.9. The first-order valence-electron chi connectivity index (χ1n) is 22.9. The van der Waals surface area contributed by atoms with Gasteiger partial charge in [0, 0.05) is 13.0 Å². The number of esters is 1. The molecule has 0 aliphatic rings. The minimum atomic E-state index is -0.147. The molecule has 0 saturated carbocycles. The molecule has 0 atom stereocenters. The number of hydrogen-bond acceptors (Lipinski definition) is 14. The van der Waals surface area contributed by atoms with Crippen molar-refractivity contribution >= 4 is 5.97 Å². The molecule has 0 aromatic carbocycles. The molecular weight excluding hydrogens is 752 g/mol. The molecule has 0 bridgehead atoms. The summed E-state index contributed by atoms with van der Waals surface area (Å²) in [6.07, 6.45) is 19.5. The van der Waals surface area contributed by atoms with Crippen molar-refractivity contribution in [2.24, 2.45) is 0 Å². The standard InChI is InChI=1S/C44H88O14/c1-3-5-7-9-10-11-12-13-15-17-19-46-20-21-47-22-23-48-24-25-49-26-27-50-28-29-51-30-31-52-32-33-53-34-35-54-36-37-55-38-39-56-40-41-57-42-43-58-44(45)18-16-14-8-6-4-2/h3-43H2,1-2H3. The van der Waals surface area contributed by atoms with E-state index >= 15 is 0 Å². The van der Waals surface area contributed by atoms with Gasteiger partial charge in [0.15, 0.2) is 0 Å². The summed E-state index contributed by atoms with van der Waals surface area (Å²) in [4.78, 5) is 11.6. The number of unbranched alkanes of at least 4 members (excludes halogenated alkanes) is 13. The van der Waals surface area contributed by atoms with Crippen molar-refractivity contribution in [3.63, 3.8) is 0 Å². The predicted octanol–water partition coefficient (Wildman–Crippen LogP) is 7.01. The molecule has 0 aliphatic heterocycles. The minimum Gasteiger partial charge on any atom is -0.463 e. The number of carbonyl (C=O) groups is 1.